The molecule has 1 aromatic heterocycles. The quantitative estimate of drug-likeness (QED) is 0.785. The summed E-state index contributed by atoms with van der Waals surface area (Å²) in [5.74, 6) is 1.62. The summed E-state index contributed by atoms with van der Waals surface area (Å²) in [5, 5.41) is 3.41. The van der Waals surface area contributed by atoms with E-state index in [9.17, 15) is 0 Å². The Kier molecular flexibility index (Phi) is 6.35. The molecule has 0 saturated carbocycles. The van der Waals surface area contributed by atoms with Crippen molar-refractivity contribution in [2.24, 2.45) is 5.92 Å². The standard InChI is InChI=1S/C15H30N4/c1-12(2)11-17-15-16-7-8-18(15)9-10-19(13(3)4)14(5)6/h7-8,12-14H,9-11H2,1-6H3,(H,16,17). The van der Waals surface area contributed by atoms with E-state index in [4.69, 9.17) is 0 Å². The second-order valence-electron chi connectivity index (χ2n) is 6.14. The molecule has 19 heavy (non-hydrogen) atoms. The zero-order chi connectivity index (χ0) is 14.4. The van der Waals surface area contributed by atoms with Gasteiger partial charge >= 0.3 is 0 Å². The van der Waals surface area contributed by atoms with E-state index >= 15 is 0 Å². The van der Waals surface area contributed by atoms with Gasteiger partial charge in [-0.3, -0.25) is 4.90 Å². The van der Waals surface area contributed by atoms with Crippen molar-refractivity contribution in [3.05, 3.63) is 12.4 Å². The topological polar surface area (TPSA) is 33.1 Å². The van der Waals surface area contributed by atoms with Gasteiger partial charge in [0.15, 0.2) is 0 Å². The number of hydrogen-bond acceptors (Lipinski definition) is 3. The van der Waals surface area contributed by atoms with Crippen LogP contribution >= 0.6 is 0 Å². The zero-order valence-corrected chi connectivity index (χ0v) is 13.3. The molecule has 1 aromatic rings. The minimum absolute atomic E-state index is 0.579. The van der Waals surface area contributed by atoms with E-state index in [0.717, 1.165) is 25.6 Å². The van der Waals surface area contributed by atoms with E-state index in [1.807, 2.05) is 6.20 Å². The Balaban J connectivity index is 2.55. The normalized spacial score (nSPS) is 12.1. The Bertz CT molecular complexity index is 347. The first-order chi connectivity index (χ1) is 8.91. The van der Waals surface area contributed by atoms with Gasteiger partial charge in [0.05, 0.1) is 0 Å². The van der Waals surface area contributed by atoms with E-state index in [2.05, 4.69) is 67.5 Å². The number of imidazole rings is 1. The largest absolute Gasteiger partial charge is 0.355 e. The smallest absolute Gasteiger partial charge is 0.202 e. The van der Waals surface area contributed by atoms with Crippen LogP contribution in [0.2, 0.25) is 0 Å². The predicted octanol–water partition coefficient (Wildman–Crippen LogP) is 3.07. The Hall–Kier alpha value is -1.03. The van der Waals surface area contributed by atoms with Gasteiger partial charge in [0.2, 0.25) is 5.95 Å². The Morgan fingerprint density at radius 2 is 1.79 bits per heavy atom. The monoisotopic (exact) mass is 266 g/mol. The molecule has 4 nitrogen and oxygen atoms in total. The fourth-order valence-corrected chi connectivity index (χ4v) is 2.29. The summed E-state index contributed by atoms with van der Waals surface area (Å²) < 4.78 is 2.21. The Morgan fingerprint density at radius 1 is 1.16 bits per heavy atom. The Labute approximate surface area is 118 Å². The summed E-state index contributed by atoms with van der Waals surface area (Å²) in [6, 6.07) is 1.16. The molecule has 0 atom stereocenters. The number of anilines is 1. The lowest BCUT2D eigenvalue weighted by atomic mass is 10.2. The van der Waals surface area contributed by atoms with E-state index in [1.165, 1.54) is 0 Å². The highest BCUT2D eigenvalue weighted by Crippen LogP contribution is 2.09. The molecule has 0 unspecified atom stereocenters. The predicted molar refractivity (Wildman–Crippen MR) is 82.5 cm³/mol. The fourth-order valence-electron chi connectivity index (χ4n) is 2.29. The summed E-state index contributed by atoms with van der Waals surface area (Å²) >= 11 is 0. The van der Waals surface area contributed by atoms with Crippen molar-refractivity contribution >= 4 is 5.95 Å². The molecule has 0 bridgehead atoms. The van der Waals surface area contributed by atoms with Crippen LogP contribution in [0.1, 0.15) is 41.5 Å². The Morgan fingerprint density at radius 3 is 2.32 bits per heavy atom. The van der Waals surface area contributed by atoms with Gasteiger partial charge in [-0.15, -0.1) is 0 Å². The average Bonchev–Trinajstić information content (AvgIpc) is 2.73. The number of rotatable bonds is 8. The van der Waals surface area contributed by atoms with Gasteiger partial charge in [0.1, 0.15) is 0 Å². The molecular weight excluding hydrogens is 236 g/mol. The van der Waals surface area contributed by atoms with Crippen molar-refractivity contribution < 1.29 is 0 Å². The van der Waals surface area contributed by atoms with E-state index in [0.29, 0.717) is 18.0 Å². The van der Waals surface area contributed by atoms with E-state index in [1.54, 1.807) is 0 Å². The van der Waals surface area contributed by atoms with E-state index < -0.39 is 0 Å². The van der Waals surface area contributed by atoms with Crippen LogP contribution in [0.4, 0.5) is 5.95 Å². The van der Waals surface area contributed by atoms with Gasteiger partial charge in [-0.1, -0.05) is 13.8 Å². The van der Waals surface area contributed by atoms with Crippen LogP contribution in [0.15, 0.2) is 12.4 Å². The lowest BCUT2D eigenvalue weighted by Crippen LogP contribution is -2.39. The van der Waals surface area contributed by atoms with Crippen LogP contribution in [0.25, 0.3) is 0 Å². The second-order valence-corrected chi connectivity index (χ2v) is 6.14. The molecular formula is C15H30N4. The summed E-state index contributed by atoms with van der Waals surface area (Å²) in [6.45, 7) is 16.4. The second kappa shape index (κ2) is 7.53. The minimum atomic E-state index is 0.579. The number of nitrogens with one attached hydrogen (secondary N) is 1. The third kappa shape index (κ3) is 5.23. The zero-order valence-electron chi connectivity index (χ0n) is 13.3. The molecule has 0 aliphatic carbocycles. The third-order valence-electron chi connectivity index (χ3n) is 3.31. The maximum Gasteiger partial charge on any atom is 0.202 e. The van der Waals surface area contributed by atoms with Gasteiger partial charge < -0.3 is 9.88 Å². The fraction of sp³-hybridized carbons (Fsp3) is 0.800. The van der Waals surface area contributed by atoms with E-state index in [-0.39, 0.29) is 0 Å². The van der Waals surface area contributed by atoms with Crippen LogP contribution in [0.5, 0.6) is 0 Å². The molecule has 0 saturated heterocycles. The van der Waals surface area contributed by atoms with Crippen LogP contribution in [-0.4, -0.2) is 39.6 Å². The number of hydrogen-bond donors (Lipinski definition) is 1. The third-order valence-corrected chi connectivity index (χ3v) is 3.31. The van der Waals surface area contributed by atoms with Crippen molar-refractivity contribution in [1.29, 1.82) is 0 Å². The SMILES string of the molecule is CC(C)CNc1nccn1CCN(C(C)C)C(C)C. The van der Waals surface area contributed by atoms with Crippen molar-refractivity contribution in [1.82, 2.24) is 14.5 Å². The van der Waals surface area contributed by atoms with Crippen LogP contribution in [-0.2, 0) is 6.54 Å². The molecule has 0 aliphatic heterocycles. The lowest BCUT2D eigenvalue weighted by Gasteiger charge is -2.30. The first kappa shape index (κ1) is 16.0. The highest BCUT2D eigenvalue weighted by Gasteiger charge is 2.13. The van der Waals surface area contributed by atoms with Gasteiger partial charge in [-0.05, 0) is 33.6 Å². The van der Waals surface area contributed by atoms with Crippen molar-refractivity contribution in [2.75, 3.05) is 18.4 Å². The molecule has 0 aromatic carbocycles. The molecule has 110 valence electrons. The lowest BCUT2D eigenvalue weighted by molar-refractivity contribution is 0.168. The van der Waals surface area contributed by atoms with Crippen molar-refractivity contribution in [3.8, 4) is 0 Å². The average molecular weight is 266 g/mol. The summed E-state index contributed by atoms with van der Waals surface area (Å²) in [4.78, 5) is 6.90. The molecule has 4 heteroatoms. The molecule has 0 aliphatic rings. The summed E-state index contributed by atoms with van der Waals surface area (Å²) in [6.07, 6.45) is 3.93. The van der Waals surface area contributed by atoms with Crippen molar-refractivity contribution in [2.45, 2.75) is 60.2 Å². The highest BCUT2D eigenvalue weighted by molar-refractivity contribution is 5.25. The van der Waals surface area contributed by atoms with Gasteiger partial charge in [0.25, 0.3) is 0 Å². The minimum Gasteiger partial charge on any atom is -0.355 e. The summed E-state index contributed by atoms with van der Waals surface area (Å²) in [5.41, 5.74) is 0. The molecule has 0 fully saturated rings. The molecule has 1 heterocycles. The summed E-state index contributed by atoms with van der Waals surface area (Å²) in [7, 11) is 0. The first-order valence-electron chi connectivity index (χ1n) is 7.42. The maximum atomic E-state index is 4.39. The van der Waals surface area contributed by atoms with Gasteiger partial charge in [-0.25, -0.2) is 4.98 Å². The van der Waals surface area contributed by atoms with Gasteiger partial charge in [0, 0.05) is 44.1 Å². The maximum absolute atomic E-state index is 4.39. The van der Waals surface area contributed by atoms with Crippen LogP contribution in [0, 0.1) is 5.92 Å². The molecule has 0 spiro atoms. The van der Waals surface area contributed by atoms with Crippen LogP contribution in [0.3, 0.4) is 0 Å². The van der Waals surface area contributed by atoms with Crippen molar-refractivity contribution in [3.63, 3.8) is 0 Å². The number of nitrogens with zero attached hydrogens (tertiary/aromatic N) is 3. The molecule has 0 radical (unpaired) electrons. The van der Waals surface area contributed by atoms with Gasteiger partial charge in [-0.2, -0.15) is 0 Å². The number of aromatic nitrogens is 2. The molecule has 0 amide bonds. The van der Waals surface area contributed by atoms with Crippen LogP contribution < -0.4 is 5.32 Å². The highest BCUT2D eigenvalue weighted by atomic mass is 15.2. The first-order valence-corrected chi connectivity index (χ1v) is 7.42. The molecule has 1 N–H and O–H groups in total. The molecule has 1 rings (SSSR count).